The molecule has 2 aliphatic rings. The van der Waals surface area contributed by atoms with Crippen LogP contribution < -0.4 is 5.56 Å². The maximum Gasteiger partial charge on any atom is 0.258 e. The van der Waals surface area contributed by atoms with E-state index in [4.69, 9.17) is 9.47 Å². The normalized spacial score (nSPS) is 25.1. The maximum absolute atomic E-state index is 13.0. The van der Waals surface area contributed by atoms with Crippen LogP contribution in [0, 0.1) is 0 Å². The molecule has 1 fully saturated rings. The van der Waals surface area contributed by atoms with Crippen LogP contribution in [-0.2, 0) is 26.9 Å². The van der Waals surface area contributed by atoms with E-state index < -0.39 is 10.8 Å². The van der Waals surface area contributed by atoms with Gasteiger partial charge in [-0.25, -0.2) is 9.97 Å². The van der Waals surface area contributed by atoms with Crippen LogP contribution in [-0.4, -0.2) is 44.3 Å². The van der Waals surface area contributed by atoms with E-state index in [2.05, 4.69) is 9.97 Å². The van der Waals surface area contributed by atoms with Gasteiger partial charge in [0.15, 0.2) is 0 Å². The van der Waals surface area contributed by atoms with Gasteiger partial charge >= 0.3 is 0 Å². The fourth-order valence-corrected chi connectivity index (χ4v) is 5.11. The Morgan fingerprint density at radius 3 is 3.08 bits per heavy atom. The molecule has 0 spiro atoms. The van der Waals surface area contributed by atoms with Crippen LogP contribution in [0.3, 0.4) is 0 Å². The highest BCUT2D eigenvalue weighted by Crippen LogP contribution is 2.38. The Morgan fingerprint density at radius 1 is 1.38 bits per heavy atom. The highest BCUT2D eigenvalue weighted by atomic mass is 32.2. The monoisotopic (exact) mass is 349 g/mol. The van der Waals surface area contributed by atoms with Gasteiger partial charge in [0.25, 0.3) is 5.56 Å². The third-order valence-electron chi connectivity index (χ3n) is 4.72. The molecule has 1 aliphatic carbocycles. The zero-order chi connectivity index (χ0) is 16.7. The molecule has 1 aliphatic heterocycles. The van der Waals surface area contributed by atoms with Gasteiger partial charge in [0, 0.05) is 24.3 Å². The van der Waals surface area contributed by atoms with Gasteiger partial charge in [0.05, 0.1) is 41.9 Å². The lowest BCUT2D eigenvalue weighted by Gasteiger charge is -2.19. The predicted octanol–water partition coefficient (Wildman–Crippen LogP) is 1.17. The summed E-state index contributed by atoms with van der Waals surface area (Å²) in [6.07, 6.45) is 4.31. The molecule has 24 heavy (non-hydrogen) atoms. The number of hydrogen-bond acceptors (Lipinski definition) is 6. The van der Waals surface area contributed by atoms with Crippen molar-refractivity contribution in [3.8, 4) is 0 Å². The number of hydrogen-bond donors (Lipinski definition) is 0. The Hall–Kier alpha value is -1.64. The molecule has 3 atom stereocenters. The number of methoxy groups -OCH3 is 1. The molecule has 8 heteroatoms. The second-order valence-corrected chi connectivity index (χ2v) is 7.72. The molecule has 0 amide bonds. The average Bonchev–Trinajstić information content (AvgIpc) is 3.03. The number of rotatable bonds is 5. The summed E-state index contributed by atoms with van der Waals surface area (Å²) in [5, 5.41) is 1.04. The Balaban J connectivity index is 1.82. The van der Waals surface area contributed by atoms with Gasteiger partial charge in [-0.05, 0) is 18.9 Å². The lowest BCUT2D eigenvalue weighted by atomic mass is 10.1. The van der Waals surface area contributed by atoms with Crippen LogP contribution in [0.15, 0.2) is 22.2 Å². The molecule has 2 bridgehead atoms. The standard InChI is InChI=1S/C16H19N3O4S/c1-22-5-6-23-9-11-7-10-8-17-16-18-14(10)19(15(11)20)12-3-2-4-13(12)24(16)21/h7-8,12-13H,2-6,9H2,1H3. The van der Waals surface area contributed by atoms with Gasteiger partial charge in [-0.2, -0.15) is 0 Å². The molecule has 0 radical (unpaired) electrons. The van der Waals surface area contributed by atoms with E-state index in [1.165, 1.54) is 0 Å². The van der Waals surface area contributed by atoms with Crippen molar-refractivity contribution in [2.75, 3.05) is 20.3 Å². The Kier molecular flexibility index (Phi) is 4.19. The summed E-state index contributed by atoms with van der Waals surface area (Å²) in [6.45, 7) is 1.14. The Labute approximate surface area is 141 Å². The number of nitrogens with zero attached hydrogens (tertiary/aromatic N) is 3. The van der Waals surface area contributed by atoms with E-state index in [0.29, 0.717) is 29.6 Å². The van der Waals surface area contributed by atoms with Crippen molar-refractivity contribution in [2.45, 2.75) is 42.3 Å². The number of pyridine rings is 1. The highest BCUT2D eigenvalue weighted by Gasteiger charge is 2.39. The first-order valence-corrected chi connectivity index (χ1v) is 9.30. The maximum atomic E-state index is 13.0. The summed E-state index contributed by atoms with van der Waals surface area (Å²) in [5.41, 5.74) is 1.07. The summed E-state index contributed by atoms with van der Waals surface area (Å²) < 4.78 is 24.9. The van der Waals surface area contributed by atoms with Crippen molar-refractivity contribution in [3.05, 3.63) is 28.2 Å². The molecule has 0 aromatic carbocycles. The van der Waals surface area contributed by atoms with Crippen molar-refractivity contribution >= 4 is 21.8 Å². The largest absolute Gasteiger partial charge is 0.382 e. The molecule has 128 valence electrons. The van der Waals surface area contributed by atoms with Crippen molar-refractivity contribution < 1.29 is 13.7 Å². The number of fused-ring (bicyclic) bond motifs is 3. The molecular weight excluding hydrogens is 330 g/mol. The third-order valence-corrected chi connectivity index (χ3v) is 6.38. The van der Waals surface area contributed by atoms with Gasteiger partial charge in [-0.15, -0.1) is 0 Å². The summed E-state index contributed by atoms with van der Waals surface area (Å²) in [7, 11) is 0.347. The van der Waals surface area contributed by atoms with Crippen LogP contribution in [0.25, 0.3) is 11.0 Å². The third kappa shape index (κ3) is 2.49. The molecule has 1 saturated carbocycles. The predicted molar refractivity (Wildman–Crippen MR) is 88.4 cm³/mol. The average molecular weight is 349 g/mol. The minimum Gasteiger partial charge on any atom is -0.382 e. The van der Waals surface area contributed by atoms with E-state index in [1.54, 1.807) is 23.9 Å². The SMILES string of the molecule is COCCOCc1cc2cnc3nc2n(c1=O)C1CCCC1S3=O. The molecule has 2 aromatic heterocycles. The molecule has 0 N–H and O–H groups in total. The van der Waals surface area contributed by atoms with Gasteiger partial charge in [0.2, 0.25) is 5.16 Å². The highest BCUT2D eigenvalue weighted by molar-refractivity contribution is 7.85. The fraction of sp³-hybridized carbons (Fsp3) is 0.562. The first-order chi connectivity index (χ1) is 11.7. The zero-order valence-corrected chi connectivity index (χ0v) is 14.3. The second kappa shape index (κ2) is 6.34. The lowest BCUT2D eigenvalue weighted by molar-refractivity contribution is 0.0610. The van der Waals surface area contributed by atoms with E-state index in [-0.39, 0.29) is 23.5 Å². The quantitative estimate of drug-likeness (QED) is 0.595. The van der Waals surface area contributed by atoms with Crippen LogP contribution >= 0.6 is 0 Å². The smallest absolute Gasteiger partial charge is 0.258 e. The lowest BCUT2D eigenvalue weighted by Crippen LogP contribution is -2.32. The van der Waals surface area contributed by atoms with Gasteiger partial charge in [-0.1, -0.05) is 6.42 Å². The topological polar surface area (TPSA) is 83.3 Å². The number of aromatic nitrogens is 3. The van der Waals surface area contributed by atoms with Gasteiger partial charge < -0.3 is 9.47 Å². The van der Waals surface area contributed by atoms with E-state index in [1.807, 2.05) is 0 Å². The summed E-state index contributed by atoms with van der Waals surface area (Å²) >= 11 is 0. The summed E-state index contributed by atoms with van der Waals surface area (Å²) in [5.74, 6) is 0. The Morgan fingerprint density at radius 2 is 2.25 bits per heavy atom. The van der Waals surface area contributed by atoms with E-state index >= 15 is 0 Å². The molecule has 2 aromatic rings. The Bertz CT molecular complexity index is 866. The van der Waals surface area contributed by atoms with E-state index in [0.717, 1.165) is 24.6 Å². The van der Waals surface area contributed by atoms with Crippen molar-refractivity contribution in [1.82, 2.24) is 14.5 Å². The molecule has 3 heterocycles. The summed E-state index contributed by atoms with van der Waals surface area (Å²) in [4.78, 5) is 21.7. The van der Waals surface area contributed by atoms with Crippen LogP contribution in [0.5, 0.6) is 0 Å². The zero-order valence-electron chi connectivity index (χ0n) is 13.4. The molecular formula is C16H19N3O4S. The van der Waals surface area contributed by atoms with Crippen LogP contribution in [0.4, 0.5) is 0 Å². The van der Waals surface area contributed by atoms with Crippen molar-refractivity contribution in [2.24, 2.45) is 0 Å². The first-order valence-electron chi connectivity index (χ1n) is 8.09. The molecule has 0 saturated heterocycles. The van der Waals surface area contributed by atoms with Gasteiger partial charge in [0.1, 0.15) is 5.65 Å². The minimum absolute atomic E-state index is 0.0750. The number of ether oxygens (including phenoxy) is 2. The first kappa shape index (κ1) is 15.9. The van der Waals surface area contributed by atoms with Gasteiger partial charge in [-0.3, -0.25) is 13.6 Å². The summed E-state index contributed by atoms with van der Waals surface area (Å²) in [6, 6.07) is 1.71. The van der Waals surface area contributed by atoms with Crippen LogP contribution in [0.2, 0.25) is 0 Å². The van der Waals surface area contributed by atoms with E-state index in [9.17, 15) is 9.00 Å². The second-order valence-electron chi connectivity index (χ2n) is 6.16. The fourth-order valence-electron chi connectivity index (χ4n) is 3.58. The van der Waals surface area contributed by atoms with Crippen molar-refractivity contribution in [3.63, 3.8) is 0 Å². The molecule has 4 rings (SSSR count). The molecule has 7 nitrogen and oxygen atoms in total. The minimum atomic E-state index is -1.26. The van der Waals surface area contributed by atoms with Crippen molar-refractivity contribution in [1.29, 1.82) is 0 Å². The van der Waals surface area contributed by atoms with Crippen LogP contribution in [0.1, 0.15) is 30.9 Å². The molecule has 3 unspecified atom stereocenters.